The van der Waals surface area contributed by atoms with Gasteiger partial charge in [0.25, 0.3) is 0 Å². The second kappa shape index (κ2) is 9.19. The molecule has 0 aliphatic heterocycles. The third-order valence-corrected chi connectivity index (χ3v) is 4.21. The van der Waals surface area contributed by atoms with Crippen molar-refractivity contribution >= 4 is 40.7 Å². The predicted molar refractivity (Wildman–Crippen MR) is 107 cm³/mol. The largest absolute Gasteiger partial charge is 0.349 e. The first kappa shape index (κ1) is 20.5. The molecular formula is C20H22ClN3O3. The number of rotatable bonds is 6. The Morgan fingerprint density at radius 2 is 1.52 bits per heavy atom. The maximum Gasteiger partial charge on any atom is 0.226 e. The molecule has 2 aromatic carbocycles. The predicted octanol–water partition coefficient (Wildman–Crippen LogP) is 3.81. The fraction of sp³-hybridized carbons (Fsp3) is 0.250. The number of anilines is 2. The van der Waals surface area contributed by atoms with Crippen molar-refractivity contribution in [1.82, 2.24) is 5.32 Å². The summed E-state index contributed by atoms with van der Waals surface area (Å²) in [7, 11) is 0. The van der Waals surface area contributed by atoms with Crippen molar-refractivity contribution < 1.29 is 14.4 Å². The van der Waals surface area contributed by atoms with Crippen LogP contribution in [0.25, 0.3) is 0 Å². The first-order chi connectivity index (χ1) is 12.8. The van der Waals surface area contributed by atoms with Crippen LogP contribution in [-0.4, -0.2) is 17.7 Å². The summed E-state index contributed by atoms with van der Waals surface area (Å²) in [4.78, 5) is 35.4. The molecule has 0 radical (unpaired) electrons. The average Bonchev–Trinajstić information content (AvgIpc) is 2.58. The molecule has 142 valence electrons. The van der Waals surface area contributed by atoms with Crippen LogP contribution >= 0.6 is 11.6 Å². The second-order valence-corrected chi connectivity index (χ2v) is 6.65. The number of hydrogen-bond acceptors (Lipinski definition) is 3. The van der Waals surface area contributed by atoms with Crippen LogP contribution in [0.4, 0.5) is 11.4 Å². The monoisotopic (exact) mass is 387 g/mol. The van der Waals surface area contributed by atoms with Gasteiger partial charge in [-0.05, 0) is 42.3 Å². The fourth-order valence-electron chi connectivity index (χ4n) is 2.68. The van der Waals surface area contributed by atoms with Gasteiger partial charge in [0.05, 0.1) is 12.5 Å². The summed E-state index contributed by atoms with van der Waals surface area (Å²) >= 11 is 5.91. The van der Waals surface area contributed by atoms with Crippen molar-refractivity contribution in [1.29, 1.82) is 0 Å². The van der Waals surface area contributed by atoms with E-state index < -0.39 is 6.04 Å². The Morgan fingerprint density at radius 3 is 2.07 bits per heavy atom. The molecule has 0 saturated carbocycles. The third-order valence-electron chi connectivity index (χ3n) is 3.96. The lowest BCUT2D eigenvalue weighted by atomic mass is 10.0. The Hall–Kier alpha value is -2.86. The zero-order chi connectivity index (χ0) is 20.0. The molecule has 2 aromatic rings. The van der Waals surface area contributed by atoms with E-state index >= 15 is 0 Å². The maximum absolute atomic E-state index is 12.6. The molecule has 2 rings (SSSR count). The minimum atomic E-state index is -0.474. The number of halogens is 1. The Bertz CT molecular complexity index is 850. The van der Waals surface area contributed by atoms with Crippen LogP contribution in [0.5, 0.6) is 0 Å². The Labute approximate surface area is 163 Å². The van der Waals surface area contributed by atoms with E-state index in [9.17, 15) is 14.4 Å². The number of carbonyl (C=O) groups excluding carboxylic acids is 3. The van der Waals surface area contributed by atoms with Gasteiger partial charge in [-0.1, -0.05) is 29.8 Å². The average molecular weight is 388 g/mol. The third kappa shape index (κ3) is 6.11. The van der Waals surface area contributed by atoms with Gasteiger partial charge in [0.1, 0.15) is 0 Å². The number of amides is 3. The first-order valence-corrected chi connectivity index (χ1v) is 8.83. The number of hydrogen-bond donors (Lipinski definition) is 3. The topological polar surface area (TPSA) is 87.3 Å². The van der Waals surface area contributed by atoms with Crippen molar-refractivity contribution in [3.8, 4) is 0 Å². The number of carbonyl (C=O) groups is 3. The van der Waals surface area contributed by atoms with Crippen LogP contribution in [0.2, 0.25) is 5.02 Å². The molecule has 0 fully saturated rings. The van der Waals surface area contributed by atoms with Gasteiger partial charge in [-0.25, -0.2) is 0 Å². The van der Waals surface area contributed by atoms with E-state index in [-0.39, 0.29) is 24.1 Å². The molecular weight excluding hydrogens is 366 g/mol. The SMILES string of the molecule is CC(=O)Nc1cccc(NC(=O)CC(NC(C)=O)c2ccc(Cl)cc2)c1C. The van der Waals surface area contributed by atoms with Gasteiger partial charge >= 0.3 is 0 Å². The highest BCUT2D eigenvalue weighted by Crippen LogP contribution is 2.25. The molecule has 0 aliphatic rings. The maximum atomic E-state index is 12.6. The summed E-state index contributed by atoms with van der Waals surface area (Å²) in [6.07, 6.45) is 0.0605. The van der Waals surface area contributed by atoms with Gasteiger partial charge in [0.15, 0.2) is 0 Å². The van der Waals surface area contributed by atoms with Crippen molar-refractivity contribution in [2.24, 2.45) is 0 Å². The molecule has 0 bridgehead atoms. The van der Waals surface area contributed by atoms with E-state index in [2.05, 4.69) is 16.0 Å². The summed E-state index contributed by atoms with van der Waals surface area (Å²) in [5.41, 5.74) is 2.78. The number of benzene rings is 2. The van der Waals surface area contributed by atoms with E-state index in [1.54, 1.807) is 42.5 Å². The molecule has 1 unspecified atom stereocenters. The lowest BCUT2D eigenvalue weighted by Gasteiger charge is -2.19. The zero-order valence-electron chi connectivity index (χ0n) is 15.4. The highest BCUT2D eigenvalue weighted by molar-refractivity contribution is 6.30. The van der Waals surface area contributed by atoms with Crippen LogP contribution in [-0.2, 0) is 14.4 Å². The van der Waals surface area contributed by atoms with Crippen molar-refractivity contribution in [3.63, 3.8) is 0 Å². The molecule has 1 atom stereocenters. The summed E-state index contributed by atoms with van der Waals surface area (Å²) in [6, 6.07) is 11.8. The molecule has 0 heterocycles. The second-order valence-electron chi connectivity index (χ2n) is 6.22. The van der Waals surface area contributed by atoms with E-state index in [0.717, 1.165) is 11.1 Å². The van der Waals surface area contributed by atoms with Crippen LogP contribution in [0, 0.1) is 6.92 Å². The molecule has 7 heteroatoms. The van der Waals surface area contributed by atoms with Gasteiger partial charge < -0.3 is 16.0 Å². The first-order valence-electron chi connectivity index (χ1n) is 8.46. The quantitative estimate of drug-likeness (QED) is 0.704. The van der Waals surface area contributed by atoms with E-state index in [4.69, 9.17) is 11.6 Å². The molecule has 0 aromatic heterocycles. The van der Waals surface area contributed by atoms with Crippen LogP contribution in [0.1, 0.15) is 37.4 Å². The van der Waals surface area contributed by atoms with Crippen LogP contribution in [0.15, 0.2) is 42.5 Å². The van der Waals surface area contributed by atoms with E-state index in [1.807, 2.05) is 6.92 Å². The van der Waals surface area contributed by atoms with Gasteiger partial charge in [0.2, 0.25) is 17.7 Å². The minimum Gasteiger partial charge on any atom is -0.349 e. The highest BCUT2D eigenvalue weighted by Gasteiger charge is 2.18. The van der Waals surface area contributed by atoms with Gasteiger partial charge in [-0.2, -0.15) is 0 Å². The minimum absolute atomic E-state index is 0.0605. The Balaban J connectivity index is 2.15. The normalized spacial score (nSPS) is 11.4. The smallest absolute Gasteiger partial charge is 0.226 e. The molecule has 0 spiro atoms. The zero-order valence-corrected chi connectivity index (χ0v) is 16.2. The molecule has 6 nitrogen and oxygen atoms in total. The van der Waals surface area contributed by atoms with Gasteiger partial charge in [0, 0.05) is 30.2 Å². The summed E-state index contributed by atoms with van der Waals surface area (Å²) < 4.78 is 0. The summed E-state index contributed by atoms with van der Waals surface area (Å²) in [5, 5.41) is 8.93. The molecule has 0 saturated heterocycles. The van der Waals surface area contributed by atoms with E-state index in [1.165, 1.54) is 13.8 Å². The standard InChI is InChI=1S/C20H22ClN3O3/c1-12-17(22-13(2)25)5-4-6-18(12)24-20(27)11-19(23-14(3)26)15-7-9-16(21)10-8-15/h4-10,19H,11H2,1-3H3,(H,22,25)(H,23,26)(H,24,27). The molecule has 27 heavy (non-hydrogen) atoms. The van der Waals surface area contributed by atoms with Gasteiger partial charge in [-0.3, -0.25) is 14.4 Å². The number of nitrogens with one attached hydrogen (secondary N) is 3. The van der Waals surface area contributed by atoms with Crippen molar-refractivity contribution in [2.75, 3.05) is 10.6 Å². The van der Waals surface area contributed by atoms with Crippen LogP contribution < -0.4 is 16.0 Å². The fourth-order valence-corrected chi connectivity index (χ4v) is 2.80. The van der Waals surface area contributed by atoms with E-state index in [0.29, 0.717) is 16.4 Å². The van der Waals surface area contributed by atoms with Crippen molar-refractivity contribution in [2.45, 2.75) is 33.2 Å². The molecule has 0 aliphatic carbocycles. The lowest BCUT2D eigenvalue weighted by molar-refractivity contribution is -0.120. The highest BCUT2D eigenvalue weighted by atomic mass is 35.5. The molecule has 3 N–H and O–H groups in total. The summed E-state index contributed by atoms with van der Waals surface area (Å²) in [5.74, 6) is -0.673. The molecule has 3 amide bonds. The Kier molecular flexibility index (Phi) is 6.96. The van der Waals surface area contributed by atoms with Gasteiger partial charge in [-0.15, -0.1) is 0 Å². The Morgan fingerprint density at radius 1 is 0.926 bits per heavy atom. The lowest BCUT2D eigenvalue weighted by Crippen LogP contribution is -2.29. The van der Waals surface area contributed by atoms with Crippen LogP contribution in [0.3, 0.4) is 0 Å². The van der Waals surface area contributed by atoms with Crippen molar-refractivity contribution in [3.05, 3.63) is 58.6 Å². The summed E-state index contributed by atoms with van der Waals surface area (Å²) in [6.45, 7) is 4.64.